The zero-order valence-electron chi connectivity index (χ0n) is 11.5. The van der Waals surface area contributed by atoms with Crippen molar-refractivity contribution in [2.45, 2.75) is 0 Å². The van der Waals surface area contributed by atoms with Crippen molar-refractivity contribution >= 4 is 11.7 Å². The van der Waals surface area contributed by atoms with Gasteiger partial charge in [0.15, 0.2) is 0 Å². The smallest absolute Gasteiger partial charge is 0.322 e. The number of nitrogens with zero attached hydrogens (tertiary/aromatic N) is 3. The number of nitrogens with one attached hydrogen (secondary N) is 2. The molecule has 2 heterocycles. The van der Waals surface area contributed by atoms with Crippen LogP contribution in [0.15, 0.2) is 43.2 Å². The first-order valence-electron chi connectivity index (χ1n) is 6.48. The highest BCUT2D eigenvalue weighted by Gasteiger charge is 2.15. The Labute approximate surface area is 122 Å². The third-order valence-corrected chi connectivity index (χ3v) is 2.81. The second-order valence-corrected chi connectivity index (χ2v) is 4.26. The van der Waals surface area contributed by atoms with E-state index in [-0.39, 0.29) is 19.2 Å². The van der Waals surface area contributed by atoms with Gasteiger partial charge in [-0.15, -0.1) is 6.58 Å². The number of aliphatic hydroxyl groups excluding tert-OH is 1. The van der Waals surface area contributed by atoms with Crippen LogP contribution in [-0.2, 0) is 0 Å². The molecule has 0 saturated heterocycles. The number of rotatable bonds is 6. The minimum Gasteiger partial charge on any atom is -0.395 e. The molecule has 2 rings (SSSR count). The Hall–Kier alpha value is -2.67. The van der Waals surface area contributed by atoms with Gasteiger partial charge in [-0.2, -0.15) is 5.10 Å². The molecule has 0 atom stereocenters. The summed E-state index contributed by atoms with van der Waals surface area (Å²) in [6.45, 7) is 4.07. The van der Waals surface area contributed by atoms with E-state index in [1.165, 1.54) is 11.1 Å². The van der Waals surface area contributed by atoms with Gasteiger partial charge >= 0.3 is 6.03 Å². The van der Waals surface area contributed by atoms with Crippen LogP contribution in [0.25, 0.3) is 11.4 Å². The van der Waals surface area contributed by atoms with Gasteiger partial charge in [0.25, 0.3) is 0 Å². The zero-order chi connectivity index (χ0) is 15.1. The predicted molar refractivity (Wildman–Crippen MR) is 79.7 cm³/mol. The summed E-state index contributed by atoms with van der Waals surface area (Å²) in [6.07, 6.45) is 4.79. The molecule has 3 N–H and O–H groups in total. The number of hydrogen-bond acceptors (Lipinski definition) is 4. The van der Waals surface area contributed by atoms with Gasteiger partial charge in [-0.25, -0.2) is 4.79 Å². The molecule has 0 aliphatic rings. The number of anilines is 1. The van der Waals surface area contributed by atoms with Gasteiger partial charge in [0.2, 0.25) is 0 Å². The van der Waals surface area contributed by atoms with Crippen molar-refractivity contribution in [2.24, 2.45) is 0 Å². The van der Waals surface area contributed by atoms with Gasteiger partial charge in [0, 0.05) is 19.3 Å². The number of hydrogen-bond donors (Lipinski definition) is 3. The highest BCUT2D eigenvalue weighted by molar-refractivity contribution is 5.93. The standard InChI is InChI=1S/C14H17N5O2/c1-2-7-19(8-9-20)14(21)17-12-10-16-18-13(12)11-5-3-4-6-15-11/h2-6,10,20H,1,7-9H2,(H,16,18)(H,17,21). The van der Waals surface area contributed by atoms with Gasteiger partial charge in [0.05, 0.1) is 24.2 Å². The number of carbonyl (C=O) groups is 1. The van der Waals surface area contributed by atoms with E-state index in [0.29, 0.717) is 23.6 Å². The molecule has 0 unspecified atom stereocenters. The summed E-state index contributed by atoms with van der Waals surface area (Å²) >= 11 is 0. The molecule has 0 aliphatic carbocycles. The summed E-state index contributed by atoms with van der Waals surface area (Å²) in [7, 11) is 0. The Morgan fingerprint density at radius 1 is 1.52 bits per heavy atom. The van der Waals surface area contributed by atoms with Crippen molar-refractivity contribution < 1.29 is 9.90 Å². The number of pyridine rings is 1. The second-order valence-electron chi connectivity index (χ2n) is 4.26. The number of aromatic nitrogens is 3. The van der Waals surface area contributed by atoms with E-state index in [4.69, 9.17) is 5.11 Å². The minimum atomic E-state index is -0.331. The van der Waals surface area contributed by atoms with Gasteiger partial charge in [-0.1, -0.05) is 12.1 Å². The summed E-state index contributed by atoms with van der Waals surface area (Å²) in [4.78, 5) is 17.8. The van der Waals surface area contributed by atoms with Crippen LogP contribution in [0.5, 0.6) is 0 Å². The molecule has 7 nitrogen and oxygen atoms in total. The fourth-order valence-corrected chi connectivity index (χ4v) is 1.83. The molecular formula is C14H17N5O2. The van der Waals surface area contributed by atoms with E-state index < -0.39 is 0 Å². The summed E-state index contributed by atoms with van der Waals surface area (Å²) in [6, 6.07) is 5.15. The quantitative estimate of drug-likeness (QED) is 0.701. The molecule has 0 spiro atoms. The van der Waals surface area contributed by atoms with Crippen LogP contribution in [0.1, 0.15) is 0 Å². The molecule has 2 amide bonds. The number of aromatic amines is 1. The number of urea groups is 1. The molecular weight excluding hydrogens is 270 g/mol. The molecule has 21 heavy (non-hydrogen) atoms. The van der Waals surface area contributed by atoms with Crippen LogP contribution < -0.4 is 5.32 Å². The maximum atomic E-state index is 12.2. The van der Waals surface area contributed by atoms with Gasteiger partial charge < -0.3 is 15.3 Å². The molecule has 110 valence electrons. The van der Waals surface area contributed by atoms with E-state index in [1.807, 2.05) is 18.2 Å². The third-order valence-electron chi connectivity index (χ3n) is 2.81. The van der Waals surface area contributed by atoms with E-state index in [1.54, 1.807) is 12.3 Å². The largest absolute Gasteiger partial charge is 0.395 e. The average molecular weight is 287 g/mol. The molecule has 7 heteroatoms. The van der Waals surface area contributed by atoms with Crippen molar-refractivity contribution in [1.29, 1.82) is 0 Å². The lowest BCUT2D eigenvalue weighted by Crippen LogP contribution is -2.37. The number of aliphatic hydroxyl groups is 1. The molecule has 0 radical (unpaired) electrons. The Morgan fingerprint density at radius 3 is 3.05 bits per heavy atom. The second kappa shape index (κ2) is 7.20. The molecule has 0 aromatic carbocycles. The zero-order valence-corrected chi connectivity index (χ0v) is 11.5. The summed E-state index contributed by atoms with van der Waals surface area (Å²) in [5.74, 6) is 0. The minimum absolute atomic E-state index is 0.111. The van der Waals surface area contributed by atoms with Gasteiger partial charge in [0.1, 0.15) is 5.69 Å². The number of amides is 2. The summed E-state index contributed by atoms with van der Waals surface area (Å²) in [5, 5.41) is 18.5. The van der Waals surface area contributed by atoms with Crippen LogP contribution in [0.4, 0.5) is 10.5 Å². The van der Waals surface area contributed by atoms with Crippen molar-refractivity contribution in [3.63, 3.8) is 0 Å². The topological polar surface area (TPSA) is 94.1 Å². The Balaban J connectivity index is 2.15. The Kier molecular flexibility index (Phi) is 5.05. The van der Waals surface area contributed by atoms with Gasteiger partial charge in [-0.05, 0) is 12.1 Å². The maximum Gasteiger partial charge on any atom is 0.322 e. The molecule has 2 aromatic rings. The predicted octanol–water partition coefficient (Wildman–Crippen LogP) is 1.48. The average Bonchev–Trinajstić information content (AvgIpc) is 2.96. The molecule has 0 aliphatic heterocycles. The van der Waals surface area contributed by atoms with E-state index in [0.717, 1.165) is 0 Å². The van der Waals surface area contributed by atoms with Crippen molar-refractivity contribution in [1.82, 2.24) is 20.1 Å². The highest BCUT2D eigenvalue weighted by Crippen LogP contribution is 2.23. The van der Waals surface area contributed by atoms with Crippen LogP contribution in [0.2, 0.25) is 0 Å². The number of H-pyrrole nitrogens is 1. The van der Waals surface area contributed by atoms with E-state index >= 15 is 0 Å². The normalized spacial score (nSPS) is 10.1. The first kappa shape index (κ1) is 14.7. The lowest BCUT2D eigenvalue weighted by Gasteiger charge is -2.20. The first-order valence-corrected chi connectivity index (χ1v) is 6.48. The van der Waals surface area contributed by atoms with Crippen molar-refractivity contribution in [3.8, 4) is 11.4 Å². The lowest BCUT2D eigenvalue weighted by molar-refractivity contribution is 0.195. The summed E-state index contributed by atoms with van der Waals surface area (Å²) in [5.41, 5.74) is 1.85. The van der Waals surface area contributed by atoms with Crippen LogP contribution >= 0.6 is 0 Å². The molecule has 0 bridgehead atoms. The Morgan fingerprint density at radius 2 is 2.38 bits per heavy atom. The van der Waals surface area contributed by atoms with E-state index in [9.17, 15) is 4.79 Å². The van der Waals surface area contributed by atoms with E-state index in [2.05, 4.69) is 27.1 Å². The monoisotopic (exact) mass is 287 g/mol. The lowest BCUT2D eigenvalue weighted by atomic mass is 10.2. The van der Waals surface area contributed by atoms with Crippen molar-refractivity contribution in [3.05, 3.63) is 43.2 Å². The van der Waals surface area contributed by atoms with Gasteiger partial charge in [-0.3, -0.25) is 10.1 Å². The Bertz CT molecular complexity index is 596. The summed E-state index contributed by atoms with van der Waals surface area (Å²) < 4.78 is 0. The molecule has 0 saturated carbocycles. The highest BCUT2D eigenvalue weighted by atomic mass is 16.3. The fourth-order valence-electron chi connectivity index (χ4n) is 1.83. The first-order chi connectivity index (χ1) is 10.3. The van der Waals surface area contributed by atoms with Crippen LogP contribution in [-0.4, -0.2) is 50.9 Å². The SMILES string of the molecule is C=CCN(CCO)C(=O)Nc1cn[nH]c1-c1ccccn1. The molecule has 2 aromatic heterocycles. The van der Waals surface area contributed by atoms with Crippen LogP contribution in [0, 0.1) is 0 Å². The maximum absolute atomic E-state index is 12.2. The van der Waals surface area contributed by atoms with Crippen molar-refractivity contribution in [2.75, 3.05) is 25.0 Å². The fraction of sp³-hybridized carbons (Fsp3) is 0.214. The number of carbonyl (C=O) groups excluding carboxylic acids is 1. The molecule has 0 fully saturated rings. The third kappa shape index (κ3) is 3.67. The van der Waals surface area contributed by atoms with Crippen LogP contribution in [0.3, 0.4) is 0 Å².